The van der Waals surface area contributed by atoms with Gasteiger partial charge in [0.05, 0.1) is 6.42 Å². The number of carboxylic acid groups (broad SMARTS) is 1. The fourth-order valence-corrected chi connectivity index (χ4v) is 3.58. The summed E-state index contributed by atoms with van der Waals surface area (Å²) in [5.74, 6) is 2.67. The fraction of sp³-hybridized carbons (Fsp3) is 0.909. The van der Waals surface area contributed by atoms with Crippen molar-refractivity contribution in [2.45, 2.75) is 38.5 Å². The normalized spacial score (nSPS) is 24.3. The zero-order valence-electron chi connectivity index (χ0n) is 8.50. The van der Waals surface area contributed by atoms with Crippen LogP contribution in [0.15, 0.2) is 0 Å². The van der Waals surface area contributed by atoms with Crippen molar-refractivity contribution in [1.82, 2.24) is 0 Å². The number of aliphatic carboxylic acids is 1. The molecule has 14 heavy (non-hydrogen) atoms. The molecule has 0 bridgehead atoms. The van der Waals surface area contributed by atoms with Gasteiger partial charge in [-0.25, -0.2) is 0 Å². The summed E-state index contributed by atoms with van der Waals surface area (Å²) in [6, 6.07) is 0. The molecule has 80 valence electrons. The highest BCUT2D eigenvalue weighted by molar-refractivity contribution is 7.99. The SMILES string of the molecule is O=C(O)CC1(CSCC2CCC2)CC1. The van der Waals surface area contributed by atoms with Gasteiger partial charge in [0.2, 0.25) is 0 Å². The molecule has 0 aromatic carbocycles. The number of rotatable bonds is 6. The lowest BCUT2D eigenvalue weighted by atomic mass is 9.87. The van der Waals surface area contributed by atoms with Gasteiger partial charge in [0.1, 0.15) is 0 Å². The van der Waals surface area contributed by atoms with Gasteiger partial charge >= 0.3 is 5.97 Å². The third kappa shape index (κ3) is 2.66. The molecule has 0 aromatic rings. The minimum atomic E-state index is -0.619. The molecule has 0 spiro atoms. The minimum absolute atomic E-state index is 0.195. The quantitative estimate of drug-likeness (QED) is 0.738. The molecule has 2 aliphatic rings. The molecule has 2 fully saturated rings. The Bertz CT molecular complexity index is 219. The van der Waals surface area contributed by atoms with Gasteiger partial charge in [-0.2, -0.15) is 11.8 Å². The lowest BCUT2D eigenvalue weighted by Crippen LogP contribution is -2.16. The maximum Gasteiger partial charge on any atom is 0.303 e. The highest BCUT2D eigenvalue weighted by atomic mass is 32.2. The Kier molecular flexibility index (Phi) is 3.05. The van der Waals surface area contributed by atoms with Crippen molar-refractivity contribution in [2.24, 2.45) is 11.3 Å². The van der Waals surface area contributed by atoms with E-state index in [4.69, 9.17) is 5.11 Å². The highest BCUT2D eigenvalue weighted by Crippen LogP contribution is 2.51. The number of hydrogen-bond acceptors (Lipinski definition) is 2. The van der Waals surface area contributed by atoms with E-state index in [2.05, 4.69) is 0 Å². The number of thioether (sulfide) groups is 1. The van der Waals surface area contributed by atoms with Crippen molar-refractivity contribution in [2.75, 3.05) is 11.5 Å². The van der Waals surface area contributed by atoms with E-state index in [0.717, 1.165) is 24.5 Å². The molecule has 2 aliphatic carbocycles. The molecule has 1 N–H and O–H groups in total. The molecule has 0 amide bonds. The summed E-state index contributed by atoms with van der Waals surface area (Å²) >= 11 is 1.99. The average Bonchev–Trinajstić information content (AvgIpc) is 2.74. The van der Waals surface area contributed by atoms with E-state index in [1.54, 1.807) is 0 Å². The number of carboxylic acids is 1. The first-order valence-corrected chi connectivity index (χ1v) is 6.65. The third-order valence-corrected chi connectivity index (χ3v) is 4.99. The van der Waals surface area contributed by atoms with Crippen LogP contribution in [-0.4, -0.2) is 22.6 Å². The van der Waals surface area contributed by atoms with Crippen LogP contribution in [0.25, 0.3) is 0 Å². The molecule has 0 radical (unpaired) electrons. The second kappa shape index (κ2) is 4.13. The van der Waals surface area contributed by atoms with Gasteiger partial charge in [0, 0.05) is 0 Å². The first-order chi connectivity index (χ1) is 6.70. The van der Waals surface area contributed by atoms with Crippen molar-refractivity contribution in [3.8, 4) is 0 Å². The van der Waals surface area contributed by atoms with Crippen LogP contribution < -0.4 is 0 Å². The second-order valence-corrected chi connectivity index (χ2v) is 5.91. The van der Waals surface area contributed by atoms with Crippen LogP contribution in [0.4, 0.5) is 0 Å². The topological polar surface area (TPSA) is 37.3 Å². The summed E-state index contributed by atoms with van der Waals surface area (Å²) < 4.78 is 0. The van der Waals surface area contributed by atoms with Crippen molar-refractivity contribution in [3.05, 3.63) is 0 Å². The second-order valence-electron chi connectivity index (χ2n) is 4.88. The molecule has 0 heterocycles. The molecule has 3 heteroatoms. The largest absolute Gasteiger partial charge is 0.481 e. The summed E-state index contributed by atoms with van der Waals surface area (Å²) in [6.45, 7) is 0. The van der Waals surface area contributed by atoms with E-state index in [9.17, 15) is 4.79 Å². The Hall–Kier alpha value is -0.180. The first kappa shape index (κ1) is 10.3. The Morgan fingerprint density at radius 1 is 1.43 bits per heavy atom. The summed E-state index contributed by atoms with van der Waals surface area (Å²) in [6.07, 6.45) is 6.88. The first-order valence-electron chi connectivity index (χ1n) is 5.50. The average molecular weight is 214 g/mol. The van der Waals surface area contributed by atoms with Crippen LogP contribution in [0, 0.1) is 11.3 Å². The maximum absolute atomic E-state index is 10.6. The number of carbonyl (C=O) groups is 1. The van der Waals surface area contributed by atoms with Crippen molar-refractivity contribution in [3.63, 3.8) is 0 Å². The molecule has 0 atom stereocenters. The monoisotopic (exact) mass is 214 g/mol. The predicted molar refractivity (Wildman–Crippen MR) is 58.6 cm³/mol. The molecule has 0 aliphatic heterocycles. The van der Waals surface area contributed by atoms with E-state index in [-0.39, 0.29) is 5.41 Å². The van der Waals surface area contributed by atoms with E-state index < -0.39 is 5.97 Å². The van der Waals surface area contributed by atoms with Crippen LogP contribution >= 0.6 is 11.8 Å². The van der Waals surface area contributed by atoms with E-state index in [0.29, 0.717) is 6.42 Å². The molecule has 0 saturated heterocycles. The Morgan fingerprint density at radius 3 is 2.57 bits per heavy atom. The van der Waals surface area contributed by atoms with Gasteiger partial charge in [-0.05, 0) is 48.5 Å². The highest BCUT2D eigenvalue weighted by Gasteiger charge is 2.44. The predicted octanol–water partition coefficient (Wildman–Crippen LogP) is 2.77. The van der Waals surface area contributed by atoms with Crippen molar-refractivity contribution >= 4 is 17.7 Å². The van der Waals surface area contributed by atoms with E-state index in [1.807, 2.05) is 11.8 Å². The smallest absolute Gasteiger partial charge is 0.303 e. The minimum Gasteiger partial charge on any atom is -0.481 e. The molecule has 0 aromatic heterocycles. The lowest BCUT2D eigenvalue weighted by molar-refractivity contribution is -0.138. The van der Waals surface area contributed by atoms with Gasteiger partial charge in [-0.1, -0.05) is 6.42 Å². The molecular weight excluding hydrogens is 196 g/mol. The lowest BCUT2D eigenvalue weighted by Gasteiger charge is -2.25. The number of hydrogen-bond donors (Lipinski definition) is 1. The van der Waals surface area contributed by atoms with E-state index >= 15 is 0 Å². The zero-order chi connectivity index (χ0) is 10.0. The van der Waals surface area contributed by atoms with Gasteiger partial charge in [-0.3, -0.25) is 4.79 Å². The summed E-state index contributed by atoms with van der Waals surface area (Å²) in [4.78, 5) is 10.6. The third-order valence-electron chi connectivity index (χ3n) is 3.47. The van der Waals surface area contributed by atoms with Gasteiger partial charge < -0.3 is 5.11 Å². The van der Waals surface area contributed by atoms with Gasteiger partial charge in [-0.15, -0.1) is 0 Å². The Labute approximate surface area is 89.5 Å². The Balaban J connectivity index is 1.61. The Morgan fingerprint density at radius 2 is 2.14 bits per heavy atom. The zero-order valence-corrected chi connectivity index (χ0v) is 9.31. The van der Waals surface area contributed by atoms with Crippen molar-refractivity contribution in [1.29, 1.82) is 0 Å². The van der Waals surface area contributed by atoms with Gasteiger partial charge in [0.15, 0.2) is 0 Å². The summed E-state index contributed by atoms with van der Waals surface area (Å²) in [5, 5.41) is 8.75. The van der Waals surface area contributed by atoms with Crippen molar-refractivity contribution < 1.29 is 9.90 Å². The maximum atomic E-state index is 10.6. The molecule has 0 unspecified atom stereocenters. The van der Waals surface area contributed by atoms with Crippen LogP contribution in [0.5, 0.6) is 0 Å². The fourth-order valence-electron chi connectivity index (χ4n) is 1.97. The summed E-state index contributed by atoms with van der Waals surface area (Å²) in [7, 11) is 0. The van der Waals surface area contributed by atoms with Gasteiger partial charge in [0.25, 0.3) is 0 Å². The molecular formula is C11H18O2S. The van der Waals surface area contributed by atoms with Crippen LogP contribution in [0.3, 0.4) is 0 Å². The van der Waals surface area contributed by atoms with Crippen LogP contribution in [-0.2, 0) is 4.79 Å². The molecule has 2 nitrogen and oxygen atoms in total. The molecule has 2 rings (SSSR count). The summed E-state index contributed by atoms with van der Waals surface area (Å²) in [5.41, 5.74) is 0.195. The standard InChI is InChI=1S/C11H18O2S/c12-10(13)6-11(4-5-11)8-14-7-9-2-1-3-9/h9H,1-8H2,(H,12,13). The van der Waals surface area contributed by atoms with Crippen LogP contribution in [0.2, 0.25) is 0 Å². The van der Waals surface area contributed by atoms with E-state index in [1.165, 1.54) is 25.0 Å². The van der Waals surface area contributed by atoms with Crippen LogP contribution in [0.1, 0.15) is 38.5 Å². The molecule has 2 saturated carbocycles.